The molecule has 0 saturated carbocycles. The fourth-order valence-corrected chi connectivity index (χ4v) is 3.79. The zero-order valence-corrected chi connectivity index (χ0v) is 13.4. The molecule has 2 N–H and O–H groups in total. The number of hydrogen-bond donors (Lipinski definition) is 1. The summed E-state index contributed by atoms with van der Waals surface area (Å²) < 4.78 is 0.977. The molecule has 20 heavy (non-hydrogen) atoms. The third kappa shape index (κ3) is 3.02. The van der Waals surface area contributed by atoms with Gasteiger partial charge in [-0.25, -0.2) is 0 Å². The van der Waals surface area contributed by atoms with Crippen LogP contribution in [0.3, 0.4) is 0 Å². The summed E-state index contributed by atoms with van der Waals surface area (Å²) in [6.45, 7) is 1.84. The summed E-state index contributed by atoms with van der Waals surface area (Å²) in [4.78, 5) is 26.3. The van der Waals surface area contributed by atoms with Crippen molar-refractivity contribution in [3.8, 4) is 0 Å². The third-order valence-electron chi connectivity index (χ3n) is 3.13. The second-order valence-corrected chi connectivity index (χ2v) is 6.21. The summed E-state index contributed by atoms with van der Waals surface area (Å²) in [6.07, 6.45) is 6.09. The summed E-state index contributed by atoms with van der Waals surface area (Å²) in [5.41, 5.74) is 6.30. The van der Waals surface area contributed by atoms with Gasteiger partial charge >= 0.3 is 0 Å². The van der Waals surface area contributed by atoms with E-state index in [2.05, 4.69) is 15.9 Å². The molecule has 2 rings (SSSR count). The van der Waals surface area contributed by atoms with E-state index in [0.29, 0.717) is 6.42 Å². The smallest absolute Gasteiger partial charge is 0.240 e. The van der Waals surface area contributed by atoms with Crippen molar-refractivity contribution in [2.75, 3.05) is 0 Å². The molecule has 4 nitrogen and oxygen atoms in total. The number of thiophene rings is 1. The number of carbonyl (C=O) groups excluding carboxylic acids is 2. The number of rotatable bonds is 4. The Labute approximate surface area is 130 Å². The Hall–Kier alpha value is -1.40. The molecular formula is C14H15BrN2O2S. The minimum absolute atomic E-state index is 0.115. The second kappa shape index (κ2) is 6.37. The first-order chi connectivity index (χ1) is 9.54. The van der Waals surface area contributed by atoms with Gasteiger partial charge in [0.15, 0.2) is 0 Å². The monoisotopic (exact) mass is 354 g/mol. The molecule has 0 fully saturated rings. The molecule has 1 aromatic rings. The van der Waals surface area contributed by atoms with Gasteiger partial charge < -0.3 is 10.6 Å². The molecule has 0 bridgehead atoms. The van der Waals surface area contributed by atoms with Crippen molar-refractivity contribution in [1.82, 2.24) is 4.90 Å². The van der Waals surface area contributed by atoms with Crippen LogP contribution in [0.4, 0.5) is 0 Å². The molecule has 0 saturated heterocycles. The van der Waals surface area contributed by atoms with Crippen LogP contribution in [0.5, 0.6) is 0 Å². The maximum Gasteiger partial charge on any atom is 0.240 e. The van der Waals surface area contributed by atoms with E-state index in [1.54, 1.807) is 23.6 Å². The van der Waals surface area contributed by atoms with E-state index >= 15 is 0 Å². The fourth-order valence-electron chi connectivity index (χ4n) is 2.14. The fraction of sp³-hybridized carbons (Fsp3) is 0.286. The molecule has 1 aromatic heterocycles. The molecule has 1 atom stereocenters. The normalized spacial score (nSPS) is 16.8. The molecule has 1 aliphatic heterocycles. The van der Waals surface area contributed by atoms with E-state index in [0.717, 1.165) is 14.9 Å². The van der Waals surface area contributed by atoms with Crippen molar-refractivity contribution in [3.63, 3.8) is 0 Å². The van der Waals surface area contributed by atoms with Crippen molar-refractivity contribution in [1.29, 1.82) is 0 Å². The average molecular weight is 355 g/mol. The van der Waals surface area contributed by atoms with Crippen LogP contribution in [0.1, 0.15) is 24.6 Å². The van der Waals surface area contributed by atoms with Crippen LogP contribution in [0, 0.1) is 0 Å². The lowest BCUT2D eigenvalue weighted by Gasteiger charge is -2.24. The van der Waals surface area contributed by atoms with Gasteiger partial charge in [-0.15, -0.1) is 11.3 Å². The van der Waals surface area contributed by atoms with Crippen LogP contribution in [0.25, 0.3) is 5.57 Å². The van der Waals surface area contributed by atoms with Gasteiger partial charge in [-0.1, -0.05) is 13.0 Å². The quantitative estimate of drug-likeness (QED) is 0.903. The van der Waals surface area contributed by atoms with Gasteiger partial charge in [0.2, 0.25) is 11.8 Å². The van der Waals surface area contributed by atoms with Gasteiger partial charge in [0.1, 0.15) is 6.04 Å². The first-order valence-electron chi connectivity index (χ1n) is 6.25. The Morgan fingerprint density at radius 2 is 2.35 bits per heavy atom. The summed E-state index contributed by atoms with van der Waals surface area (Å²) >= 11 is 5.05. The minimum atomic E-state index is -0.585. The predicted molar refractivity (Wildman–Crippen MR) is 83.9 cm³/mol. The standard InChI is InChI=1S/C14H15BrN2O2S/c1-2-11(14(16)19)17-6-3-4-9(8-12(17)18)13-10(15)5-7-20-13/h3-7,11H,2,8H2,1H3,(H2,16,19). The minimum Gasteiger partial charge on any atom is -0.368 e. The van der Waals surface area contributed by atoms with Crippen molar-refractivity contribution >= 4 is 44.7 Å². The van der Waals surface area contributed by atoms with Crippen molar-refractivity contribution in [2.45, 2.75) is 25.8 Å². The number of nitrogens with two attached hydrogens (primary N) is 1. The number of hydrogen-bond acceptors (Lipinski definition) is 3. The lowest BCUT2D eigenvalue weighted by Crippen LogP contribution is -2.44. The SMILES string of the molecule is CCC(C(N)=O)N1C=CC=C(c2sccc2Br)CC1=O. The first-order valence-corrected chi connectivity index (χ1v) is 7.93. The molecule has 0 radical (unpaired) electrons. The van der Waals surface area contributed by atoms with Crippen molar-refractivity contribution < 1.29 is 9.59 Å². The van der Waals surface area contributed by atoms with Gasteiger partial charge in [-0.05, 0) is 45.4 Å². The van der Waals surface area contributed by atoms with Crippen LogP contribution < -0.4 is 5.73 Å². The van der Waals surface area contributed by atoms with E-state index < -0.39 is 11.9 Å². The van der Waals surface area contributed by atoms with E-state index in [4.69, 9.17) is 5.73 Å². The maximum absolute atomic E-state index is 12.4. The Bertz CT molecular complexity index is 592. The lowest BCUT2D eigenvalue weighted by atomic mass is 10.1. The highest BCUT2D eigenvalue weighted by Gasteiger charge is 2.27. The molecule has 0 spiro atoms. The molecule has 0 aromatic carbocycles. The predicted octanol–water partition coefficient (Wildman–Crippen LogP) is 2.90. The second-order valence-electron chi connectivity index (χ2n) is 4.44. The van der Waals surface area contributed by atoms with E-state index in [1.807, 2.05) is 24.4 Å². The zero-order chi connectivity index (χ0) is 14.7. The van der Waals surface area contributed by atoms with Crippen LogP contribution in [0.15, 0.2) is 34.3 Å². The zero-order valence-electron chi connectivity index (χ0n) is 11.0. The summed E-state index contributed by atoms with van der Waals surface area (Å²) in [7, 11) is 0. The summed E-state index contributed by atoms with van der Waals surface area (Å²) in [5, 5.41) is 1.97. The van der Waals surface area contributed by atoms with Crippen LogP contribution in [-0.2, 0) is 9.59 Å². The lowest BCUT2D eigenvalue weighted by molar-refractivity contribution is -0.135. The number of amides is 2. The summed E-state index contributed by atoms with van der Waals surface area (Å²) in [5.74, 6) is -0.595. The van der Waals surface area contributed by atoms with Crippen LogP contribution >= 0.6 is 27.3 Å². The first kappa shape index (κ1) is 15.0. The highest BCUT2D eigenvalue weighted by atomic mass is 79.9. The number of allylic oxidation sites excluding steroid dienone is 2. The third-order valence-corrected chi connectivity index (χ3v) is 5.05. The van der Waals surface area contributed by atoms with Crippen molar-refractivity contribution in [2.24, 2.45) is 5.73 Å². The van der Waals surface area contributed by atoms with Gasteiger partial charge in [-0.3, -0.25) is 9.59 Å². The molecule has 2 heterocycles. The van der Waals surface area contributed by atoms with Gasteiger partial charge in [0.05, 0.1) is 6.42 Å². The number of halogens is 1. The highest BCUT2D eigenvalue weighted by Crippen LogP contribution is 2.33. The molecule has 106 valence electrons. The number of nitrogens with zero attached hydrogens (tertiary/aromatic N) is 1. The van der Waals surface area contributed by atoms with Gasteiger partial charge in [0, 0.05) is 15.5 Å². The topological polar surface area (TPSA) is 63.4 Å². The van der Waals surface area contributed by atoms with Crippen LogP contribution in [-0.4, -0.2) is 22.8 Å². The largest absolute Gasteiger partial charge is 0.368 e. The van der Waals surface area contributed by atoms with E-state index in [1.165, 1.54) is 4.90 Å². The van der Waals surface area contributed by atoms with E-state index in [9.17, 15) is 9.59 Å². The number of carbonyl (C=O) groups is 2. The van der Waals surface area contributed by atoms with Crippen LogP contribution in [0.2, 0.25) is 0 Å². The van der Waals surface area contributed by atoms with E-state index in [-0.39, 0.29) is 12.3 Å². The molecule has 1 aliphatic rings. The average Bonchev–Trinajstić information content (AvgIpc) is 2.73. The van der Waals surface area contributed by atoms with Crippen molar-refractivity contribution in [3.05, 3.63) is 39.1 Å². The molecular weight excluding hydrogens is 340 g/mol. The van der Waals surface area contributed by atoms with Gasteiger partial charge in [-0.2, -0.15) is 0 Å². The highest BCUT2D eigenvalue weighted by molar-refractivity contribution is 9.10. The molecule has 2 amide bonds. The molecule has 6 heteroatoms. The maximum atomic E-state index is 12.4. The summed E-state index contributed by atoms with van der Waals surface area (Å²) in [6, 6.07) is 1.37. The van der Waals surface area contributed by atoms with Gasteiger partial charge in [0.25, 0.3) is 0 Å². The Balaban J connectivity index is 2.24. The Morgan fingerprint density at radius 3 is 2.90 bits per heavy atom. The number of primary amides is 1. The Morgan fingerprint density at radius 1 is 1.60 bits per heavy atom. The molecule has 1 unspecified atom stereocenters. The molecule has 0 aliphatic carbocycles. The Kier molecular flexibility index (Phi) is 4.77.